The van der Waals surface area contributed by atoms with Crippen LogP contribution in [0.3, 0.4) is 0 Å². The Hall–Kier alpha value is -0.710. The lowest BCUT2D eigenvalue weighted by atomic mass is 9.98. The topological polar surface area (TPSA) is 12.0 Å². The molecule has 0 aliphatic heterocycles. The van der Waals surface area contributed by atoms with E-state index in [4.69, 9.17) is 0 Å². The van der Waals surface area contributed by atoms with Gasteiger partial charge < -0.3 is 5.32 Å². The van der Waals surface area contributed by atoms with E-state index in [9.17, 15) is 4.39 Å². The summed E-state index contributed by atoms with van der Waals surface area (Å²) in [6, 6.07) is 10.7. The van der Waals surface area contributed by atoms with Crippen LogP contribution in [-0.2, 0) is 0 Å². The third kappa shape index (κ3) is 3.25. The number of rotatable bonds is 3. The summed E-state index contributed by atoms with van der Waals surface area (Å²) >= 11 is 7.13. The molecule has 1 atom stereocenters. The molecule has 2 aromatic carbocycles. The zero-order chi connectivity index (χ0) is 14.0. The first-order valence-corrected chi connectivity index (χ1v) is 7.50. The normalized spacial score (nSPS) is 12.5. The van der Waals surface area contributed by atoms with Gasteiger partial charge in [-0.1, -0.05) is 44.0 Å². The molecule has 0 saturated carbocycles. The smallest absolute Gasteiger partial charge is 0.123 e. The lowest BCUT2D eigenvalue weighted by Gasteiger charge is -2.20. The fourth-order valence-electron chi connectivity index (χ4n) is 2.07. The third-order valence-electron chi connectivity index (χ3n) is 3.06. The minimum Gasteiger partial charge on any atom is -0.309 e. The highest BCUT2D eigenvalue weighted by molar-refractivity contribution is 9.11. The number of hydrogen-bond acceptors (Lipinski definition) is 1. The standard InChI is InChI=1S/C15H14Br2FN/c1-9-6-14(17)12(8-13(9)16)15(19-2)10-4-3-5-11(18)7-10/h3-8,15,19H,1-2H3. The van der Waals surface area contributed by atoms with E-state index in [0.717, 1.165) is 25.6 Å². The number of aryl methyl sites for hydroxylation is 1. The summed E-state index contributed by atoms with van der Waals surface area (Å²) < 4.78 is 15.4. The average Bonchev–Trinajstić information content (AvgIpc) is 2.36. The molecular weight excluding hydrogens is 373 g/mol. The second kappa shape index (κ2) is 6.16. The molecule has 1 N–H and O–H groups in total. The van der Waals surface area contributed by atoms with Crippen molar-refractivity contribution < 1.29 is 4.39 Å². The second-order valence-corrected chi connectivity index (χ2v) is 6.11. The number of benzene rings is 2. The first-order valence-electron chi connectivity index (χ1n) is 5.91. The molecule has 0 aromatic heterocycles. The van der Waals surface area contributed by atoms with Crippen LogP contribution in [0.5, 0.6) is 0 Å². The van der Waals surface area contributed by atoms with Gasteiger partial charge in [0.15, 0.2) is 0 Å². The Balaban J connectivity index is 2.51. The fourth-order valence-corrected chi connectivity index (χ4v) is 3.12. The van der Waals surface area contributed by atoms with E-state index in [1.807, 2.05) is 20.0 Å². The maximum atomic E-state index is 13.4. The van der Waals surface area contributed by atoms with E-state index in [1.54, 1.807) is 12.1 Å². The van der Waals surface area contributed by atoms with Gasteiger partial charge in [0.2, 0.25) is 0 Å². The zero-order valence-electron chi connectivity index (χ0n) is 10.7. The number of halogens is 3. The first-order chi connectivity index (χ1) is 9.02. The monoisotopic (exact) mass is 385 g/mol. The Morgan fingerprint density at radius 2 is 1.84 bits per heavy atom. The molecule has 0 fully saturated rings. The second-order valence-electron chi connectivity index (χ2n) is 4.40. The Morgan fingerprint density at radius 3 is 2.47 bits per heavy atom. The summed E-state index contributed by atoms with van der Waals surface area (Å²) in [5, 5.41) is 3.23. The van der Waals surface area contributed by atoms with Crippen molar-refractivity contribution in [2.45, 2.75) is 13.0 Å². The summed E-state index contributed by atoms with van der Waals surface area (Å²) in [6.07, 6.45) is 0. The number of hydrogen-bond donors (Lipinski definition) is 1. The fraction of sp³-hybridized carbons (Fsp3) is 0.200. The molecule has 1 unspecified atom stereocenters. The van der Waals surface area contributed by atoms with Crippen LogP contribution in [-0.4, -0.2) is 7.05 Å². The third-order valence-corrected chi connectivity index (χ3v) is 4.60. The van der Waals surface area contributed by atoms with Gasteiger partial charge in [0.1, 0.15) is 5.82 Å². The molecule has 4 heteroatoms. The van der Waals surface area contributed by atoms with Crippen LogP contribution in [0, 0.1) is 12.7 Å². The zero-order valence-corrected chi connectivity index (χ0v) is 13.8. The predicted octanol–water partition coefficient (Wildman–Crippen LogP) is 4.97. The van der Waals surface area contributed by atoms with E-state index < -0.39 is 0 Å². The van der Waals surface area contributed by atoms with Crippen molar-refractivity contribution >= 4 is 31.9 Å². The first kappa shape index (κ1) is 14.7. The SMILES string of the molecule is CNC(c1cccc(F)c1)c1cc(Br)c(C)cc1Br. The summed E-state index contributed by atoms with van der Waals surface area (Å²) in [6.45, 7) is 2.04. The van der Waals surface area contributed by atoms with Gasteiger partial charge in [-0.25, -0.2) is 4.39 Å². The molecule has 0 aliphatic carbocycles. The van der Waals surface area contributed by atoms with Crippen LogP contribution < -0.4 is 5.32 Å². The molecule has 0 aliphatic rings. The highest BCUT2D eigenvalue weighted by atomic mass is 79.9. The summed E-state index contributed by atoms with van der Waals surface area (Å²) in [5.41, 5.74) is 3.13. The van der Waals surface area contributed by atoms with Crippen LogP contribution in [0.1, 0.15) is 22.7 Å². The molecule has 0 spiro atoms. The Labute approximate surface area is 129 Å². The maximum Gasteiger partial charge on any atom is 0.123 e. The molecule has 0 bridgehead atoms. The summed E-state index contributed by atoms with van der Waals surface area (Å²) in [7, 11) is 1.87. The molecule has 2 rings (SSSR count). The molecular formula is C15H14Br2FN. The molecule has 100 valence electrons. The van der Waals surface area contributed by atoms with E-state index >= 15 is 0 Å². The van der Waals surface area contributed by atoms with E-state index in [1.165, 1.54) is 6.07 Å². The Kier molecular flexibility index (Phi) is 4.76. The van der Waals surface area contributed by atoms with Crippen LogP contribution in [0.25, 0.3) is 0 Å². The summed E-state index contributed by atoms with van der Waals surface area (Å²) in [4.78, 5) is 0. The van der Waals surface area contributed by atoms with Gasteiger partial charge in [-0.2, -0.15) is 0 Å². The molecule has 0 radical (unpaired) electrons. The van der Waals surface area contributed by atoms with Crippen LogP contribution >= 0.6 is 31.9 Å². The maximum absolute atomic E-state index is 13.4. The van der Waals surface area contributed by atoms with Gasteiger partial charge in [-0.15, -0.1) is 0 Å². The van der Waals surface area contributed by atoms with Crippen molar-refractivity contribution in [3.8, 4) is 0 Å². The Bertz CT molecular complexity index is 599. The van der Waals surface area contributed by atoms with Crippen molar-refractivity contribution in [1.29, 1.82) is 0 Å². The number of nitrogens with one attached hydrogen (secondary N) is 1. The van der Waals surface area contributed by atoms with Crippen molar-refractivity contribution in [2.75, 3.05) is 7.05 Å². The quantitative estimate of drug-likeness (QED) is 0.785. The van der Waals surface area contributed by atoms with Gasteiger partial charge in [0, 0.05) is 8.95 Å². The molecule has 0 heterocycles. The van der Waals surface area contributed by atoms with E-state index in [-0.39, 0.29) is 11.9 Å². The average molecular weight is 387 g/mol. The van der Waals surface area contributed by atoms with Gasteiger partial charge in [-0.05, 0) is 54.9 Å². The van der Waals surface area contributed by atoms with E-state index in [2.05, 4.69) is 49.3 Å². The van der Waals surface area contributed by atoms with Gasteiger partial charge in [0.05, 0.1) is 6.04 Å². The molecule has 19 heavy (non-hydrogen) atoms. The molecule has 1 nitrogen and oxygen atoms in total. The lowest BCUT2D eigenvalue weighted by molar-refractivity contribution is 0.616. The van der Waals surface area contributed by atoms with Gasteiger partial charge >= 0.3 is 0 Å². The highest BCUT2D eigenvalue weighted by Crippen LogP contribution is 2.33. The Morgan fingerprint density at radius 1 is 1.11 bits per heavy atom. The summed E-state index contributed by atoms with van der Waals surface area (Å²) in [5.74, 6) is -0.222. The molecule has 0 amide bonds. The van der Waals surface area contributed by atoms with Crippen molar-refractivity contribution in [1.82, 2.24) is 5.32 Å². The van der Waals surface area contributed by atoms with Crippen molar-refractivity contribution in [2.24, 2.45) is 0 Å². The van der Waals surface area contributed by atoms with Crippen LogP contribution in [0.15, 0.2) is 45.3 Å². The van der Waals surface area contributed by atoms with Crippen molar-refractivity contribution in [3.63, 3.8) is 0 Å². The minimum atomic E-state index is -0.222. The van der Waals surface area contributed by atoms with E-state index in [0.29, 0.717) is 0 Å². The largest absolute Gasteiger partial charge is 0.309 e. The van der Waals surface area contributed by atoms with Gasteiger partial charge in [0.25, 0.3) is 0 Å². The lowest BCUT2D eigenvalue weighted by Crippen LogP contribution is -2.18. The highest BCUT2D eigenvalue weighted by Gasteiger charge is 2.16. The van der Waals surface area contributed by atoms with Crippen molar-refractivity contribution in [3.05, 3.63) is 67.9 Å². The van der Waals surface area contributed by atoms with Gasteiger partial charge in [-0.3, -0.25) is 0 Å². The van der Waals surface area contributed by atoms with Crippen LogP contribution in [0.2, 0.25) is 0 Å². The molecule has 0 saturated heterocycles. The molecule has 2 aromatic rings. The van der Waals surface area contributed by atoms with Crippen LogP contribution in [0.4, 0.5) is 4.39 Å². The minimum absolute atomic E-state index is 0.0537. The predicted molar refractivity (Wildman–Crippen MR) is 83.9 cm³/mol.